The molecule has 106 valence electrons. The van der Waals surface area contributed by atoms with Crippen molar-refractivity contribution in [2.45, 2.75) is 20.8 Å². The topological polar surface area (TPSA) is 79.3 Å². The lowest BCUT2D eigenvalue weighted by Crippen LogP contribution is -2.26. The van der Waals surface area contributed by atoms with Crippen LogP contribution in [0.15, 0.2) is 12.1 Å². The van der Waals surface area contributed by atoms with E-state index in [9.17, 15) is 9.59 Å². The van der Waals surface area contributed by atoms with Gasteiger partial charge in [0.25, 0.3) is 0 Å². The highest BCUT2D eigenvalue weighted by molar-refractivity contribution is 7.18. The summed E-state index contributed by atoms with van der Waals surface area (Å²) in [5, 5.41) is 11.8. The second kappa shape index (κ2) is 5.72. The van der Waals surface area contributed by atoms with E-state index in [-0.39, 0.29) is 0 Å². The van der Waals surface area contributed by atoms with E-state index in [0.717, 1.165) is 15.4 Å². The van der Waals surface area contributed by atoms with Crippen LogP contribution in [0, 0.1) is 19.8 Å². The molecule has 1 atom stereocenters. The number of hydrogen-bond donors (Lipinski definition) is 2. The minimum Gasteiger partial charge on any atom is -0.481 e. The van der Waals surface area contributed by atoms with Crippen LogP contribution in [0.4, 0.5) is 5.13 Å². The van der Waals surface area contributed by atoms with Gasteiger partial charge in [-0.05, 0) is 32.9 Å². The van der Waals surface area contributed by atoms with Gasteiger partial charge in [-0.3, -0.25) is 9.59 Å². The number of carbonyl (C=O) groups is 2. The third-order valence-electron chi connectivity index (χ3n) is 2.76. The molecule has 7 heteroatoms. The monoisotopic (exact) mass is 310 g/mol. The Balaban J connectivity index is 2.20. The van der Waals surface area contributed by atoms with Crippen molar-refractivity contribution in [1.29, 1.82) is 0 Å². The van der Waals surface area contributed by atoms with Gasteiger partial charge in [0.2, 0.25) is 5.91 Å². The number of nitrogens with one attached hydrogen (secondary N) is 1. The predicted molar refractivity (Wildman–Crippen MR) is 80.3 cm³/mol. The molecule has 0 fully saturated rings. The first kappa shape index (κ1) is 14.7. The Bertz CT molecular complexity index is 660. The lowest BCUT2D eigenvalue weighted by molar-refractivity contribution is -0.144. The minimum atomic E-state index is -1.15. The molecule has 2 N–H and O–H groups in total. The summed E-state index contributed by atoms with van der Waals surface area (Å²) in [6, 6.07) is 4.01. The molecule has 0 radical (unpaired) electrons. The smallest absolute Gasteiger partial charge is 0.315 e. The van der Waals surface area contributed by atoms with Crippen LogP contribution in [-0.2, 0) is 9.59 Å². The van der Waals surface area contributed by atoms with Gasteiger partial charge in [0.1, 0.15) is 5.92 Å². The average Bonchev–Trinajstić information content (AvgIpc) is 2.94. The molecule has 1 unspecified atom stereocenters. The van der Waals surface area contributed by atoms with Crippen LogP contribution in [-0.4, -0.2) is 22.0 Å². The molecule has 0 bridgehead atoms. The van der Waals surface area contributed by atoms with Gasteiger partial charge in [0.15, 0.2) is 5.13 Å². The molecule has 0 aliphatic carbocycles. The number of amides is 1. The Labute approximate surface area is 124 Å². The lowest BCUT2D eigenvalue weighted by atomic mass is 10.2. The standard InChI is InChI=1S/C13H14N2O3S2/c1-6-4-5-9(19-6)10-8(3)20-13(14-10)15-11(16)7(2)12(17)18/h4-5,7H,1-3H3,(H,17,18)(H,14,15,16). The van der Waals surface area contributed by atoms with E-state index in [1.54, 1.807) is 11.3 Å². The summed E-state index contributed by atoms with van der Waals surface area (Å²) in [6.07, 6.45) is 0. The Morgan fingerprint density at radius 3 is 2.55 bits per heavy atom. The van der Waals surface area contributed by atoms with Crippen LogP contribution >= 0.6 is 22.7 Å². The third kappa shape index (κ3) is 3.05. The van der Waals surface area contributed by atoms with Crippen molar-refractivity contribution in [3.63, 3.8) is 0 Å². The maximum absolute atomic E-state index is 11.7. The zero-order chi connectivity index (χ0) is 14.9. The summed E-state index contributed by atoms with van der Waals surface area (Å²) in [7, 11) is 0. The van der Waals surface area contributed by atoms with Crippen molar-refractivity contribution in [3.8, 4) is 10.6 Å². The number of aromatic nitrogens is 1. The van der Waals surface area contributed by atoms with Crippen LogP contribution in [0.5, 0.6) is 0 Å². The second-order valence-electron chi connectivity index (χ2n) is 4.38. The van der Waals surface area contributed by atoms with Crippen molar-refractivity contribution in [1.82, 2.24) is 4.98 Å². The molecule has 2 rings (SSSR count). The molecule has 0 aromatic carbocycles. The highest BCUT2D eigenvalue weighted by atomic mass is 32.1. The van der Waals surface area contributed by atoms with Crippen molar-refractivity contribution >= 4 is 39.7 Å². The zero-order valence-electron chi connectivity index (χ0n) is 11.3. The summed E-state index contributed by atoms with van der Waals surface area (Å²) in [5.74, 6) is -2.79. The van der Waals surface area contributed by atoms with Gasteiger partial charge in [-0.2, -0.15) is 0 Å². The predicted octanol–water partition coefficient (Wildman–Crippen LogP) is 3.15. The number of hydrogen-bond acceptors (Lipinski definition) is 5. The van der Waals surface area contributed by atoms with Gasteiger partial charge in [-0.25, -0.2) is 4.98 Å². The molecule has 20 heavy (non-hydrogen) atoms. The molecule has 0 saturated carbocycles. The normalized spacial score (nSPS) is 12.2. The van der Waals surface area contributed by atoms with E-state index >= 15 is 0 Å². The van der Waals surface area contributed by atoms with Crippen molar-refractivity contribution in [3.05, 3.63) is 21.9 Å². The molecule has 0 aliphatic heterocycles. The highest BCUT2D eigenvalue weighted by Gasteiger charge is 2.22. The first-order chi connectivity index (χ1) is 9.38. The van der Waals surface area contributed by atoms with Gasteiger partial charge < -0.3 is 10.4 Å². The number of thiophene rings is 1. The lowest BCUT2D eigenvalue weighted by Gasteiger charge is -2.04. The number of anilines is 1. The van der Waals surface area contributed by atoms with E-state index < -0.39 is 17.8 Å². The van der Waals surface area contributed by atoms with Gasteiger partial charge in [0.05, 0.1) is 10.6 Å². The van der Waals surface area contributed by atoms with Gasteiger partial charge >= 0.3 is 5.97 Å². The molecule has 0 saturated heterocycles. The van der Waals surface area contributed by atoms with Crippen molar-refractivity contribution < 1.29 is 14.7 Å². The third-order valence-corrected chi connectivity index (χ3v) is 4.66. The SMILES string of the molecule is Cc1ccc(-c2nc(NC(=O)C(C)C(=O)O)sc2C)s1. The van der Waals surface area contributed by atoms with E-state index in [1.807, 2.05) is 26.0 Å². The summed E-state index contributed by atoms with van der Waals surface area (Å²) >= 11 is 2.98. The number of aryl methyl sites for hydroxylation is 2. The van der Waals surface area contributed by atoms with Crippen LogP contribution in [0.2, 0.25) is 0 Å². The minimum absolute atomic E-state index is 0.432. The quantitative estimate of drug-likeness (QED) is 0.850. The first-order valence-electron chi connectivity index (χ1n) is 5.96. The number of carboxylic acids is 1. The number of aliphatic carboxylic acids is 1. The Morgan fingerprint density at radius 1 is 1.30 bits per heavy atom. The molecule has 1 amide bonds. The van der Waals surface area contributed by atoms with E-state index in [1.165, 1.54) is 23.1 Å². The van der Waals surface area contributed by atoms with Gasteiger partial charge in [0, 0.05) is 9.75 Å². The van der Waals surface area contributed by atoms with Gasteiger partial charge in [-0.1, -0.05) is 0 Å². The van der Waals surface area contributed by atoms with Crippen LogP contribution < -0.4 is 5.32 Å². The fourth-order valence-corrected chi connectivity index (χ4v) is 3.38. The fraction of sp³-hybridized carbons (Fsp3) is 0.308. The summed E-state index contributed by atoms with van der Waals surface area (Å²) in [5.41, 5.74) is 0.839. The molecular weight excluding hydrogens is 296 g/mol. The molecule has 0 aliphatic rings. The van der Waals surface area contributed by atoms with E-state index in [4.69, 9.17) is 5.11 Å². The summed E-state index contributed by atoms with van der Waals surface area (Å²) in [6.45, 7) is 5.30. The number of carbonyl (C=O) groups excluding carboxylic acids is 1. The largest absolute Gasteiger partial charge is 0.481 e. The number of thiazole rings is 1. The Morgan fingerprint density at radius 2 is 2.00 bits per heavy atom. The molecule has 2 aromatic rings. The highest BCUT2D eigenvalue weighted by Crippen LogP contribution is 2.34. The van der Waals surface area contributed by atoms with Crippen LogP contribution in [0.25, 0.3) is 10.6 Å². The maximum Gasteiger partial charge on any atom is 0.315 e. The Hall–Kier alpha value is -1.73. The molecule has 0 spiro atoms. The number of carboxylic acid groups (broad SMARTS) is 1. The average molecular weight is 310 g/mol. The molecule has 2 aromatic heterocycles. The number of rotatable bonds is 4. The van der Waals surface area contributed by atoms with Gasteiger partial charge in [-0.15, -0.1) is 22.7 Å². The molecule has 5 nitrogen and oxygen atoms in total. The van der Waals surface area contributed by atoms with Crippen LogP contribution in [0.3, 0.4) is 0 Å². The summed E-state index contributed by atoms with van der Waals surface area (Å²) < 4.78 is 0. The fourth-order valence-electron chi connectivity index (χ4n) is 1.57. The van der Waals surface area contributed by atoms with E-state index in [2.05, 4.69) is 10.3 Å². The zero-order valence-corrected chi connectivity index (χ0v) is 12.9. The van der Waals surface area contributed by atoms with Crippen LogP contribution in [0.1, 0.15) is 16.7 Å². The Kier molecular flexibility index (Phi) is 4.20. The maximum atomic E-state index is 11.7. The second-order valence-corrected chi connectivity index (χ2v) is 6.87. The summed E-state index contributed by atoms with van der Waals surface area (Å²) in [4.78, 5) is 30.1. The molecular formula is C13H14N2O3S2. The number of nitrogens with zero attached hydrogens (tertiary/aromatic N) is 1. The molecule has 2 heterocycles. The van der Waals surface area contributed by atoms with E-state index in [0.29, 0.717) is 5.13 Å². The first-order valence-corrected chi connectivity index (χ1v) is 7.59. The van der Waals surface area contributed by atoms with Crippen molar-refractivity contribution in [2.24, 2.45) is 5.92 Å². The van der Waals surface area contributed by atoms with Crippen molar-refractivity contribution in [2.75, 3.05) is 5.32 Å².